The molecule has 1 atom stereocenters. The fraction of sp³-hybridized carbons (Fsp3) is 0.900. The molecule has 1 rings (SSSR count). The number of likely N-dealkylation sites (N-methyl/N-ethyl adjacent to an activating group) is 2. The lowest BCUT2D eigenvalue weighted by molar-refractivity contribution is -0.127. The van der Waals surface area contributed by atoms with Gasteiger partial charge in [0.1, 0.15) is 0 Å². The fourth-order valence-electron chi connectivity index (χ4n) is 1.72. The minimum atomic E-state index is 0.151. The standard InChI is InChI=1S/C10H21N3O/c1-12(2)10(14)7-11-9-5-4-6-13(3)8-9/h9,11H,4-8H2,1-3H3. The van der Waals surface area contributed by atoms with Gasteiger partial charge in [-0.1, -0.05) is 0 Å². The molecule has 0 bridgehead atoms. The Bertz CT molecular complexity index is 194. The largest absolute Gasteiger partial charge is 0.348 e. The minimum Gasteiger partial charge on any atom is -0.348 e. The maximum atomic E-state index is 11.3. The second-order valence-corrected chi connectivity index (χ2v) is 4.27. The topological polar surface area (TPSA) is 35.6 Å². The average Bonchev–Trinajstić information content (AvgIpc) is 2.14. The van der Waals surface area contributed by atoms with Crippen molar-refractivity contribution in [3.63, 3.8) is 0 Å². The molecule has 1 amide bonds. The van der Waals surface area contributed by atoms with Gasteiger partial charge in [-0.25, -0.2) is 0 Å². The molecule has 0 saturated carbocycles. The number of carbonyl (C=O) groups excluding carboxylic acids is 1. The molecule has 1 saturated heterocycles. The third-order valence-corrected chi connectivity index (χ3v) is 2.67. The Morgan fingerprint density at radius 2 is 2.29 bits per heavy atom. The van der Waals surface area contributed by atoms with E-state index in [1.54, 1.807) is 19.0 Å². The zero-order chi connectivity index (χ0) is 10.6. The van der Waals surface area contributed by atoms with E-state index in [9.17, 15) is 4.79 Å². The highest BCUT2D eigenvalue weighted by atomic mass is 16.2. The van der Waals surface area contributed by atoms with Crippen molar-refractivity contribution in [2.45, 2.75) is 18.9 Å². The monoisotopic (exact) mass is 199 g/mol. The van der Waals surface area contributed by atoms with Gasteiger partial charge in [-0.2, -0.15) is 0 Å². The molecule has 82 valence electrons. The number of hydrogen-bond donors (Lipinski definition) is 1. The van der Waals surface area contributed by atoms with E-state index in [-0.39, 0.29) is 5.91 Å². The Hall–Kier alpha value is -0.610. The lowest BCUT2D eigenvalue weighted by atomic mass is 10.1. The van der Waals surface area contributed by atoms with Crippen LogP contribution in [0.2, 0.25) is 0 Å². The van der Waals surface area contributed by atoms with Gasteiger partial charge in [0, 0.05) is 26.7 Å². The van der Waals surface area contributed by atoms with Crippen molar-refractivity contribution in [1.82, 2.24) is 15.1 Å². The summed E-state index contributed by atoms with van der Waals surface area (Å²) in [6.07, 6.45) is 2.41. The maximum absolute atomic E-state index is 11.3. The fourth-order valence-corrected chi connectivity index (χ4v) is 1.72. The van der Waals surface area contributed by atoms with Crippen LogP contribution in [0.15, 0.2) is 0 Å². The van der Waals surface area contributed by atoms with Crippen LogP contribution in [-0.4, -0.2) is 62.5 Å². The van der Waals surface area contributed by atoms with Crippen LogP contribution in [0.3, 0.4) is 0 Å². The van der Waals surface area contributed by atoms with Crippen molar-refractivity contribution in [3.8, 4) is 0 Å². The molecule has 1 aliphatic rings. The lowest BCUT2D eigenvalue weighted by Gasteiger charge is -2.30. The van der Waals surface area contributed by atoms with Crippen molar-refractivity contribution in [3.05, 3.63) is 0 Å². The molecular weight excluding hydrogens is 178 g/mol. The Balaban J connectivity index is 2.20. The van der Waals surface area contributed by atoms with E-state index in [2.05, 4.69) is 17.3 Å². The van der Waals surface area contributed by atoms with Crippen LogP contribution in [-0.2, 0) is 4.79 Å². The van der Waals surface area contributed by atoms with Gasteiger partial charge in [-0.05, 0) is 26.4 Å². The molecule has 0 spiro atoms. The Morgan fingerprint density at radius 1 is 1.57 bits per heavy atom. The van der Waals surface area contributed by atoms with Crippen molar-refractivity contribution in [1.29, 1.82) is 0 Å². The summed E-state index contributed by atoms with van der Waals surface area (Å²) in [6.45, 7) is 2.70. The Morgan fingerprint density at radius 3 is 2.86 bits per heavy atom. The minimum absolute atomic E-state index is 0.151. The van der Waals surface area contributed by atoms with Crippen molar-refractivity contribution in [2.24, 2.45) is 0 Å². The van der Waals surface area contributed by atoms with Gasteiger partial charge >= 0.3 is 0 Å². The maximum Gasteiger partial charge on any atom is 0.236 e. The van der Waals surface area contributed by atoms with E-state index in [1.807, 2.05) is 0 Å². The van der Waals surface area contributed by atoms with E-state index >= 15 is 0 Å². The molecule has 1 N–H and O–H groups in total. The number of hydrogen-bond acceptors (Lipinski definition) is 3. The first kappa shape index (κ1) is 11.5. The summed E-state index contributed by atoms with van der Waals surface area (Å²) in [5.41, 5.74) is 0. The first-order chi connectivity index (χ1) is 6.59. The van der Waals surface area contributed by atoms with Crippen LogP contribution < -0.4 is 5.32 Å². The molecular formula is C10H21N3O. The van der Waals surface area contributed by atoms with Gasteiger partial charge in [0.25, 0.3) is 0 Å². The number of nitrogens with one attached hydrogen (secondary N) is 1. The average molecular weight is 199 g/mol. The molecule has 0 aromatic rings. The third kappa shape index (κ3) is 3.64. The smallest absolute Gasteiger partial charge is 0.236 e. The van der Waals surface area contributed by atoms with Crippen LogP contribution in [0.25, 0.3) is 0 Å². The molecule has 1 heterocycles. The van der Waals surface area contributed by atoms with E-state index in [0.717, 1.165) is 6.54 Å². The number of rotatable bonds is 3. The van der Waals surface area contributed by atoms with Gasteiger partial charge in [-0.3, -0.25) is 4.79 Å². The van der Waals surface area contributed by atoms with Crippen molar-refractivity contribution >= 4 is 5.91 Å². The Kier molecular flexibility index (Phi) is 4.35. The summed E-state index contributed by atoms with van der Waals surface area (Å²) < 4.78 is 0. The molecule has 0 aromatic heterocycles. The lowest BCUT2D eigenvalue weighted by Crippen LogP contribution is -2.47. The van der Waals surface area contributed by atoms with Gasteiger partial charge < -0.3 is 15.1 Å². The van der Waals surface area contributed by atoms with Crippen LogP contribution in [0, 0.1) is 0 Å². The quantitative estimate of drug-likeness (QED) is 0.681. The molecule has 4 heteroatoms. The predicted octanol–water partition coefficient (Wildman–Crippen LogP) is -0.242. The number of carbonyl (C=O) groups is 1. The van der Waals surface area contributed by atoms with E-state index in [4.69, 9.17) is 0 Å². The SMILES string of the molecule is CN1CCCC(NCC(=O)N(C)C)C1. The third-order valence-electron chi connectivity index (χ3n) is 2.67. The second kappa shape index (κ2) is 5.32. The molecule has 0 radical (unpaired) electrons. The summed E-state index contributed by atoms with van der Waals surface area (Å²) in [7, 11) is 5.70. The van der Waals surface area contributed by atoms with Crippen LogP contribution in [0.4, 0.5) is 0 Å². The molecule has 1 aliphatic heterocycles. The summed E-state index contributed by atoms with van der Waals surface area (Å²) in [5, 5.41) is 3.30. The highest BCUT2D eigenvalue weighted by Crippen LogP contribution is 2.07. The summed E-state index contributed by atoms with van der Waals surface area (Å²) in [5.74, 6) is 0.151. The van der Waals surface area contributed by atoms with Gasteiger partial charge in [-0.15, -0.1) is 0 Å². The zero-order valence-corrected chi connectivity index (χ0v) is 9.42. The predicted molar refractivity (Wildman–Crippen MR) is 57.2 cm³/mol. The molecule has 0 aliphatic carbocycles. The van der Waals surface area contributed by atoms with Gasteiger partial charge in [0.05, 0.1) is 6.54 Å². The molecule has 1 fully saturated rings. The highest BCUT2D eigenvalue weighted by Gasteiger charge is 2.17. The summed E-state index contributed by atoms with van der Waals surface area (Å²) >= 11 is 0. The molecule has 4 nitrogen and oxygen atoms in total. The number of likely N-dealkylation sites (tertiary alicyclic amines) is 1. The van der Waals surface area contributed by atoms with E-state index in [0.29, 0.717) is 12.6 Å². The van der Waals surface area contributed by atoms with Gasteiger partial charge in [0.15, 0.2) is 0 Å². The second-order valence-electron chi connectivity index (χ2n) is 4.27. The van der Waals surface area contributed by atoms with E-state index < -0.39 is 0 Å². The molecule has 14 heavy (non-hydrogen) atoms. The number of piperidine rings is 1. The summed E-state index contributed by atoms with van der Waals surface area (Å²) in [6, 6.07) is 0.484. The number of nitrogens with zero attached hydrogens (tertiary/aromatic N) is 2. The first-order valence-electron chi connectivity index (χ1n) is 5.21. The first-order valence-corrected chi connectivity index (χ1v) is 5.21. The highest BCUT2D eigenvalue weighted by molar-refractivity contribution is 5.77. The van der Waals surface area contributed by atoms with Crippen molar-refractivity contribution < 1.29 is 4.79 Å². The molecule has 0 aromatic carbocycles. The van der Waals surface area contributed by atoms with Gasteiger partial charge in [0.2, 0.25) is 5.91 Å². The Labute approximate surface area is 86.2 Å². The molecule has 1 unspecified atom stereocenters. The van der Waals surface area contributed by atoms with Crippen LogP contribution in [0.1, 0.15) is 12.8 Å². The van der Waals surface area contributed by atoms with Crippen molar-refractivity contribution in [2.75, 3.05) is 40.8 Å². The van der Waals surface area contributed by atoms with E-state index in [1.165, 1.54) is 19.4 Å². The zero-order valence-electron chi connectivity index (χ0n) is 9.42. The van der Waals surface area contributed by atoms with Crippen LogP contribution in [0.5, 0.6) is 0 Å². The van der Waals surface area contributed by atoms with Crippen LogP contribution >= 0.6 is 0 Å². The summed E-state index contributed by atoms with van der Waals surface area (Å²) in [4.78, 5) is 15.2. The number of amides is 1. The normalized spacial score (nSPS) is 23.5.